The van der Waals surface area contributed by atoms with Crippen LogP contribution in [0.25, 0.3) is 16.0 Å². The first-order valence-corrected chi connectivity index (χ1v) is 18.9. The molecule has 12 heteroatoms. The van der Waals surface area contributed by atoms with Gasteiger partial charge >= 0.3 is 0 Å². The SMILES string of the molecule is CC1CC(C)(C)Nc2cc3c(cc21)C(c1ccccc1C(=O)N(CCCN=[N+]=[N-])CCCS(=O)(=O)O)=c1cc2c(cc1O3)=NC(C)(C)CC2C. The monoisotopic (exact) mass is 698 g/mol. The minimum atomic E-state index is -4.21. The van der Waals surface area contributed by atoms with E-state index in [1.165, 1.54) is 5.56 Å². The van der Waals surface area contributed by atoms with Crippen LogP contribution in [-0.2, 0) is 10.1 Å². The number of nitrogens with one attached hydrogen (secondary N) is 1. The molecule has 3 aromatic carbocycles. The summed E-state index contributed by atoms with van der Waals surface area (Å²) in [5, 5.41) is 9.12. The summed E-state index contributed by atoms with van der Waals surface area (Å²) in [7, 11) is -4.21. The summed E-state index contributed by atoms with van der Waals surface area (Å²) in [4.78, 5) is 24.0. The molecule has 2 atom stereocenters. The highest BCUT2D eigenvalue weighted by Gasteiger charge is 2.34. The van der Waals surface area contributed by atoms with Crippen molar-refractivity contribution >= 4 is 27.3 Å². The van der Waals surface area contributed by atoms with Crippen LogP contribution < -0.4 is 20.6 Å². The second-order valence-electron chi connectivity index (χ2n) is 15.2. The zero-order valence-corrected chi connectivity index (χ0v) is 30.5. The second kappa shape index (κ2) is 13.4. The average Bonchev–Trinajstić information content (AvgIpc) is 3.01. The summed E-state index contributed by atoms with van der Waals surface area (Å²) in [6.45, 7) is 13.7. The van der Waals surface area contributed by atoms with Gasteiger partial charge in [-0.25, -0.2) is 0 Å². The van der Waals surface area contributed by atoms with Gasteiger partial charge in [-0.2, -0.15) is 8.42 Å². The number of fused-ring (bicyclic) bond motifs is 4. The lowest BCUT2D eigenvalue weighted by molar-refractivity contribution is 0.0754. The maximum Gasteiger partial charge on any atom is 0.264 e. The molecule has 0 radical (unpaired) electrons. The van der Waals surface area contributed by atoms with Crippen molar-refractivity contribution in [3.8, 4) is 11.5 Å². The summed E-state index contributed by atoms with van der Waals surface area (Å²) in [5.41, 5.74) is 14.8. The fraction of sp³-hybridized carbons (Fsp3) is 0.474. The standard InChI is InChI=1S/C38H46N6O5S/c1-23-21-37(3,4)41-31-19-33-29(17-27(23)31)35(30-18-28-24(2)22-38(5,6)42-32(28)20-34(30)49-33)25-11-7-8-12-26(25)36(45)44(14-9-13-40-43-39)15-10-16-50(46,47)48/h7-8,11-12,17-20,23-24,41H,9-10,13-16,21-22H2,1-6H3,(H,46,47,48). The lowest BCUT2D eigenvalue weighted by atomic mass is 9.79. The smallest absolute Gasteiger partial charge is 0.264 e. The highest BCUT2D eigenvalue weighted by molar-refractivity contribution is 7.85. The summed E-state index contributed by atoms with van der Waals surface area (Å²) in [6, 6.07) is 16.0. The first kappa shape index (κ1) is 35.4. The largest absolute Gasteiger partial charge is 0.456 e. The number of carbonyl (C=O) groups is 1. The van der Waals surface area contributed by atoms with Crippen LogP contribution in [0, 0.1) is 0 Å². The highest BCUT2D eigenvalue weighted by Crippen LogP contribution is 2.46. The van der Waals surface area contributed by atoms with Crippen LogP contribution in [0.3, 0.4) is 0 Å². The predicted octanol–water partition coefficient (Wildman–Crippen LogP) is 7.06. The van der Waals surface area contributed by atoms with Gasteiger partial charge in [-0.1, -0.05) is 37.2 Å². The van der Waals surface area contributed by atoms with E-state index >= 15 is 0 Å². The van der Waals surface area contributed by atoms with Gasteiger partial charge in [0, 0.05) is 69.8 Å². The molecule has 0 aliphatic carbocycles. The lowest BCUT2D eigenvalue weighted by Crippen LogP contribution is -2.37. The van der Waals surface area contributed by atoms with E-state index in [9.17, 15) is 17.8 Å². The van der Waals surface area contributed by atoms with Crippen LogP contribution in [0.2, 0.25) is 0 Å². The van der Waals surface area contributed by atoms with Crippen molar-refractivity contribution in [2.75, 3.05) is 30.7 Å². The van der Waals surface area contributed by atoms with Gasteiger partial charge in [-0.15, -0.1) is 0 Å². The molecule has 1 amide bonds. The number of azide groups is 1. The molecule has 3 aliphatic heterocycles. The number of nitrogens with zero attached hydrogens (tertiary/aromatic N) is 5. The van der Waals surface area contributed by atoms with Crippen LogP contribution in [0.1, 0.15) is 112 Å². The minimum absolute atomic E-state index is 0.0571. The summed E-state index contributed by atoms with van der Waals surface area (Å²) < 4.78 is 39.2. The van der Waals surface area contributed by atoms with E-state index in [0.29, 0.717) is 23.5 Å². The number of anilines is 1. The minimum Gasteiger partial charge on any atom is -0.456 e. The van der Waals surface area contributed by atoms with E-state index in [0.717, 1.165) is 51.4 Å². The first-order chi connectivity index (χ1) is 23.6. The molecule has 0 fully saturated rings. The van der Waals surface area contributed by atoms with Crippen molar-refractivity contribution in [2.24, 2.45) is 10.1 Å². The highest BCUT2D eigenvalue weighted by atomic mass is 32.2. The Morgan fingerprint density at radius 3 is 2.48 bits per heavy atom. The third-order valence-corrected chi connectivity index (χ3v) is 10.7. The van der Waals surface area contributed by atoms with E-state index in [2.05, 4.69) is 75.1 Å². The Balaban J connectivity index is 1.56. The Hall–Kier alpha value is -4.38. The molecule has 3 aromatic rings. The van der Waals surface area contributed by atoms with Crippen molar-refractivity contribution < 1.29 is 22.5 Å². The van der Waals surface area contributed by atoms with E-state index in [1.807, 2.05) is 24.3 Å². The Kier molecular flexibility index (Phi) is 9.49. The van der Waals surface area contributed by atoms with Gasteiger partial charge in [-0.05, 0) is 106 Å². The van der Waals surface area contributed by atoms with Crippen molar-refractivity contribution in [1.29, 1.82) is 0 Å². The fourth-order valence-corrected chi connectivity index (χ4v) is 8.51. The number of ether oxygens (including phenoxy) is 1. The molecule has 3 aliphatic rings. The van der Waals surface area contributed by atoms with Crippen molar-refractivity contribution in [3.63, 3.8) is 0 Å². The molecule has 264 valence electrons. The number of benzene rings is 3. The Labute approximate surface area is 293 Å². The molecule has 6 rings (SSSR count). The second-order valence-corrected chi connectivity index (χ2v) is 16.8. The summed E-state index contributed by atoms with van der Waals surface area (Å²) >= 11 is 0. The van der Waals surface area contributed by atoms with Gasteiger partial charge in [0.2, 0.25) is 0 Å². The molecule has 0 saturated heterocycles. The molecule has 0 bridgehead atoms. The lowest BCUT2D eigenvalue weighted by Gasteiger charge is -2.38. The van der Waals surface area contributed by atoms with Crippen LogP contribution in [-0.4, -0.2) is 60.2 Å². The zero-order chi connectivity index (χ0) is 36.0. The first-order valence-electron chi connectivity index (χ1n) is 17.3. The molecule has 50 heavy (non-hydrogen) atoms. The zero-order valence-electron chi connectivity index (χ0n) is 29.7. The molecule has 11 nitrogen and oxygen atoms in total. The summed E-state index contributed by atoms with van der Waals surface area (Å²) in [5.74, 6) is 1.15. The molecule has 0 saturated carbocycles. The number of amides is 1. The number of carbonyl (C=O) groups excluding carboxylic acids is 1. The van der Waals surface area contributed by atoms with Crippen LogP contribution in [0.5, 0.6) is 11.5 Å². The maximum atomic E-state index is 14.5. The average molecular weight is 699 g/mol. The third kappa shape index (κ3) is 7.38. The van der Waals surface area contributed by atoms with Crippen LogP contribution in [0.15, 0.2) is 58.6 Å². The molecular formula is C38H46N6O5S. The topological polar surface area (TPSA) is 157 Å². The maximum absolute atomic E-state index is 14.5. The third-order valence-electron chi connectivity index (χ3n) is 9.91. The molecule has 2 N–H and O–H groups in total. The predicted molar refractivity (Wildman–Crippen MR) is 195 cm³/mol. The van der Waals surface area contributed by atoms with Crippen LogP contribution >= 0.6 is 0 Å². The molecular weight excluding hydrogens is 653 g/mol. The van der Waals surface area contributed by atoms with E-state index in [-0.39, 0.29) is 54.9 Å². The van der Waals surface area contributed by atoms with E-state index in [1.54, 1.807) is 11.0 Å². The van der Waals surface area contributed by atoms with Gasteiger partial charge in [-0.3, -0.25) is 14.3 Å². The van der Waals surface area contributed by atoms with Gasteiger partial charge in [0.1, 0.15) is 11.5 Å². The molecule has 3 heterocycles. The van der Waals surface area contributed by atoms with Crippen molar-refractivity contribution in [1.82, 2.24) is 4.90 Å². The fourth-order valence-electron chi connectivity index (χ4n) is 8.01. The summed E-state index contributed by atoms with van der Waals surface area (Å²) in [6.07, 6.45) is 2.32. The van der Waals surface area contributed by atoms with Crippen molar-refractivity contribution in [3.05, 3.63) is 97.4 Å². The van der Waals surface area contributed by atoms with Crippen molar-refractivity contribution in [2.45, 2.75) is 90.1 Å². The van der Waals surface area contributed by atoms with E-state index in [4.69, 9.17) is 15.3 Å². The number of rotatable bonds is 10. The van der Waals surface area contributed by atoms with Gasteiger partial charge in [0.15, 0.2) is 0 Å². The quantitative estimate of drug-likeness (QED) is 0.0594. The van der Waals surface area contributed by atoms with Gasteiger partial charge < -0.3 is 15.0 Å². The van der Waals surface area contributed by atoms with Crippen LogP contribution in [0.4, 0.5) is 5.69 Å². The van der Waals surface area contributed by atoms with E-state index < -0.39 is 15.9 Å². The number of hydrogen-bond donors (Lipinski definition) is 2. The Morgan fingerprint density at radius 1 is 1.02 bits per heavy atom. The van der Waals surface area contributed by atoms with Gasteiger partial charge in [0.05, 0.1) is 16.6 Å². The number of hydrogen-bond acceptors (Lipinski definition) is 7. The molecule has 0 spiro atoms. The molecule has 0 aromatic heterocycles. The Bertz CT molecular complexity index is 2140. The normalized spacial score (nSPS) is 19.6. The molecule has 2 unspecified atom stereocenters. The van der Waals surface area contributed by atoms with Gasteiger partial charge in [0.25, 0.3) is 16.0 Å². The Morgan fingerprint density at radius 2 is 1.74 bits per heavy atom.